The molecule has 0 N–H and O–H groups in total. The smallest absolute Gasteiger partial charge is 0.211 e. The highest BCUT2D eigenvalue weighted by atomic mass is 16.1. The summed E-state index contributed by atoms with van der Waals surface area (Å²) in [5, 5.41) is 0. The summed E-state index contributed by atoms with van der Waals surface area (Å²) in [6.45, 7) is 7.33. The summed E-state index contributed by atoms with van der Waals surface area (Å²) in [5.41, 5.74) is -1.41. The highest BCUT2D eigenvalue weighted by Crippen LogP contribution is 2.37. The molecule has 0 heterocycles. The van der Waals surface area contributed by atoms with Crippen LogP contribution in [0.5, 0.6) is 0 Å². The van der Waals surface area contributed by atoms with E-state index in [4.69, 9.17) is 0 Å². The maximum absolute atomic E-state index is 10.2. The Morgan fingerprint density at radius 1 is 1.08 bits per heavy atom. The minimum atomic E-state index is -1.05. The van der Waals surface area contributed by atoms with Crippen molar-refractivity contribution in [2.75, 3.05) is 0 Å². The molecular formula is C9H14N2O2. The highest BCUT2D eigenvalue weighted by Gasteiger charge is 2.40. The Balaban J connectivity index is 5.22. The lowest BCUT2D eigenvalue weighted by Gasteiger charge is -2.34. The van der Waals surface area contributed by atoms with Crippen molar-refractivity contribution >= 4 is 12.2 Å². The third-order valence-electron chi connectivity index (χ3n) is 2.69. The van der Waals surface area contributed by atoms with Crippen LogP contribution in [0.15, 0.2) is 9.98 Å². The Morgan fingerprint density at radius 2 is 1.46 bits per heavy atom. The number of carbonyl (C=O) groups excluding carboxylic acids is 2. The number of nitrogens with zero attached hydrogens (tertiary/aromatic N) is 2. The van der Waals surface area contributed by atoms with E-state index in [2.05, 4.69) is 9.98 Å². The Hall–Kier alpha value is -1.24. The van der Waals surface area contributed by atoms with Crippen LogP contribution in [-0.4, -0.2) is 17.8 Å². The summed E-state index contributed by atoms with van der Waals surface area (Å²) in [6, 6.07) is 0. The summed E-state index contributed by atoms with van der Waals surface area (Å²) in [4.78, 5) is 27.5. The second kappa shape index (κ2) is 4.13. The topological polar surface area (TPSA) is 58.9 Å². The lowest BCUT2D eigenvalue weighted by Crippen LogP contribution is -2.37. The molecule has 0 spiro atoms. The summed E-state index contributed by atoms with van der Waals surface area (Å²) in [5.74, 6) is 0. The van der Waals surface area contributed by atoms with E-state index in [0.29, 0.717) is 0 Å². The molecular weight excluding hydrogens is 168 g/mol. The zero-order valence-corrected chi connectivity index (χ0v) is 8.42. The molecule has 0 aromatic heterocycles. The Morgan fingerprint density at radius 3 is 1.69 bits per heavy atom. The van der Waals surface area contributed by atoms with E-state index in [9.17, 15) is 9.59 Å². The van der Waals surface area contributed by atoms with Gasteiger partial charge in [-0.3, -0.25) is 0 Å². The fourth-order valence-corrected chi connectivity index (χ4v) is 0.840. The second-order valence-corrected chi connectivity index (χ2v) is 3.66. The zero-order valence-electron chi connectivity index (χ0n) is 8.42. The third-order valence-corrected chi connectivity index (χ3v) is 2.69. The Bertz CT molecular complexity index is 253. The monoisotopic (exact) mass is 182 g/mol. The molecule has 0 aromatic carbocycles. The van der Waals surface area contributed by atoms with Crippen LogP contribution in [0.1, 0.15) is 34.1 Å². The van der Waals surface area contributed by atoms with Gasteiger partial charge in [0.25, 0.3) is 0 Å². The van der Waals surface area contributed by atoms with Gasteiger partial charge in [-0.15, -0.1) is 0 Å². The van der Waals surface area contributed by atoms with Gasteiger partial charge < -0.3 is 0 Å². The van der Waals surface area contributed by atoms with Crippen LogP contribution in [0.4, 0.5) is 0 Å². The van der Waals surface area contributed by atoms with Gasteiger partial charge in [-0.1, -0.05) is 20.8 Å². The molecule has 0 bridgehead atoms. The first kappa shape index (κ1) is 11.8. The number of hydrogen-bond acceptors (Lipinski definition) is 4. The lowest BCUT2D eigenvalue weighted by atomic mass is 9.78. The summed E-state index contributed by atoms with van der Waals surface area (Å²) >= 11 is 0. The second-order valence-electron chi connectivity index (χ2n) is 3.66. The van der Waals surface area contributed by atoms with Crippen molar-refractivity contribution in [3.05, 3.63) is 0 Å². The van der Waals surface area contributed by atoms with E-state index in [1.807, 2.05) is 20.8 Å². The first-order valence-corrected chi connectivity index (χ1v) is 4.11. The van der Waals surface area contributed by atoms with Gasteiger partial charge in [0.2, 0.25) is 12.2 Å². The minimum absolute atomic E-state index is 0.359. The van der Waals surface area contributed by atoms with Crippen molar-refractivity contribution < 1.29 is 9.59 Å². The molecule has 4 nitrogen and oxygen atoms in total. The van der Waals surface area contributed by atoms with Crippen LogP contribution in [0.2, 0.25) is 0 Å². The largest absolute Gasteiger partial charge is 0.237 e. The Labute approximate surface area is 77.8 Å². The van der Waals surface area contributed by atoms with E-state index >= 15 is 0 Å². The van der Waals surface area contributed by atoms with Crippen LogP contribution in [0.25, 0.3) is 0 Å². The van der Waals surface area contributed by atoms with Crippen LogP contribution in [0.3, 0.4) is 0 Å². The predicted molar refractivity (Wildman–Crippen MR) is 48.7 cm³/mol. The maximum atomic E-state index is 10.2. The van der Waals surface area contributed by atoms with Crippen molar-refractivity contribution in [2.45, 2.75) is 39.8 Å². The van der Waals surface area contributed by atoms with Crippen LogP contribution < -0.4 is 0 Å². The molecule has 0 aliphatic heterocycles. The molecule has 0 rings (SSSR count). The molecule has 0 aliphatic rings. The number of isocyanates is 2. The molecule has 0 saturated carbocycles. The van der Waals surface area contributed by atoms with Gasteiger partial charge in [-0.05, 0) is 13.3 Å². The minimum Gasteiger partial charge on any atom is -0.211 e. The van der Waals surface area contributed by atoms with E-state index in [1.165, 1.54) is 12.2 Å². The fourth-order valence-electron chi connectivity index (χ4n) is 0.840. The van der Waals surface area contributed by atoms with Crippen molar-refractivity contribution in [1.82, 2.24) is 0 Å². The van der Waals surface area contributed by atoms with Crippen LogP contribution in [0, 0.1) is 5.41 Å². The van der Waals surface area contributed by atoms with Gasteiger partial charge in [-0.25, -0.2) is 9.59 Å². The van der Waals surface area contributed by atoms with Crippen LogP contribution in [-0.2, 0) is 9.59 Å². The summed E-state index contributed by atoms with van der Waals surface area (Å²) in [6.07, 6.45) is 3.62. The van der Waals surface area contributed by atoms with Crippen molar-refractivity contribution in [3.8, 4) is 0 Å². The quantitative estimate of drug-likeness (QED) is 0.491. The lowest BCUT2D eigenvalue weighted by molar-refractivity contribution is 0.186. The van der Waals surface area contributed by atoms with E-state index in [1.54, 1.807) is 6.92 Å². The average molecular weight is 182 g/mol. The molecule has 0 atom stereocenters. The molecule has 0 radical (unpaired) electrons. The van der Waals surface area contributed by atoms with Gasteiger partial charge >= 0.3 is 0 Å². The Kier molecular flexibility index (Phi) is 3.73. The predicted octanol–water partition coefficient (Wildman–Crippen LogP) is 1.81. The molecule has 0 amide bonds. The summed E-state index contributed by atoms with van der Waals surface area (Å²) in [7, 11) is 0. The number of hydrogen-bond donors (Lipinski definition) is 0. The van der Waals surface area contributed by atoms with Crippen molar-refractivity contribution in [1.29, 1.82) is 0 Å². The van der Waals surface area contributed by atoms with Gasteiger partial charge in [-0.2, -0.15) is 9.98 Å². The molecule has 13 heavy (non-hydrogen) atoms. The van der Waals surface area contributed by atoms with Gasteiger partial charge in [0.15, 0.2) is 5.66 Å². The number of rotatable bonds is 4. The van der Waals surface area contributed by atoms with Crippen LogP contribution >= 0.6 is 0 Å². The van der Waals surface area contributed by atoms with E-state index in [-0.39, 0.29) is 5.41 Å². The highest BCUT2D eigenvalue weighted by molar-refractivity contribution is 5.39. The standard InChI is InChI=1S/C9H14N2O2/c1-5-8(2,3)9(4,10-6-12)11-7-13/h5H2,1-4H3. The molecule has 0 unspecified atom stereocenters. The third kappa shape index (κ3) is 2.35. The molecule has 4 heteroatoms. The van der Waals surface area contributed by atoms with E-state index in [0.717, 1.165) is 6.42 Å². The molecule has 72 valence electrons. The van der Waals surface area contributed by atoms with Gasteiger partial charge in [0, 0.05) is 5.41 Å². The fraction of sp³-hybridized carbons (Fsp3) is 0.778. The normalized spacial score (nSPS) is 15.1. The summed E-state index contributed by atoms with van der Waals surface area (Å²) < 4.78 is 0. The SMILES string of the molecule is CCC(C)(C)C(C)(N=C=O)N=C=O. The van der Waals surface area contributed by atoms with Gasteiger partial charge in [0.1, 0.15) is 0 Å². The molecule has 0 aromatic rings. The molecule has 0 aliphatic carbocycles. The van der Waals surface area contributed by atoms with Crippen molar-refractivity contribution in [3.63, 3.8) is 0 Å². The molecule has 0 fully saturated rings. The van der Waals surface area contributed by atoms with Crippen molar-refractivity contribution in [2.24, 2.45) is 15.4 Å². The van der Waals surface area contributed by atoms with E-state index < -0.39 is 5.66 Å². The first-order chi connectivity index (χ1) is 5.93. The maximum Gasteiger partial charge on any atom is 0.237 e. The zero-order chi connectivity index (χ0) is 10.5. The molecule has 0 saturated heterocycles. The average Bonchev–Trinajstić information content (AvgIpc) is 2.05. The number of aliphatic imine (C=N–C) groups is 2. The van der Waals surface area contributed by atoms with Gasteiger partial charge in [0.05, 0.1) is 0 Å². The first-order valence-electron chi connectivity index (χ1n) is 4.11.